The van der Waals surface area contributed by atoms with Gasteiger partial charge in [0.25, 0.3) is 0 Å². The Morgan fingerprint density at radius 1 is 1.04 bits per heavy atom. The summed E-state index contributed by atoms with van der Waals surface area (Å²) in [6, 6.07) is 16.4. The SMILES string of the molecule is COc1cc(F)ccc1-c1ccnc(Nc2cccc(C)c2)c1. The lowest BCUT2D eigenvalue weighted by Crippen LogP contribution is -1.95. The van der Waals surface area contributed by atoms with E-state index in [4.69, 9.17) is 4.74 Å². The molecule has 0 aliphatic heterocycles. The maximum atomic E-state index is 13.3. The van der Waals surface area contributed by atoms with Crippen molar-refractivity contribution in [1.82, 2.24) is 4.98 Å². The fraction of sp³-hybridized carbons (Fsp3) is 0.105. The van der Waals surface area contributed by atoms with Crippen molar-refractivity contribution in [3.63, 3.8) is 0 Å². The summed E-state index contributed by atoms with van der Waals surface area (Å²) in [4.78, 5) is 4.34. The molecule has 1 aromatic heterocycles. The zero-order valence-corrected chi connectivity index (χ0v) is 13.0. The lowest BCUT2D eigenvalue weighted by molar-refractivity contribution is 0.413. The van der Waals surface area contributed by atoms with E-state index < -0.39 is 0 Å². The Balaban J connectivity index is 1.94. The summed E-state index contributed by atoms with van der Waals surface area (Å²) in [6.07, 6.45) is 1.72. The number of anilines is 2. The number of nitrogens with zero attached hydrogens (tertiary/aromatic N) is 1. The lowest BCUT2D eigenvalue weighted by atomic mass is 10.1. The molecular weight excluding hydrogens is 291 g/mol. The van der Waals surface area contributed by atoms with Crippen LogP contribution in [0.15, 0.2) is 60.8 Å². The molecule has 0 amide bonds. The topological polar surface area (TPSA) is 34.1 Å². The smallest absolute Gasteiger partial charge is 0.130 e. The minimum Gasteiger partial charge on any atom is -0.496 e. The Labute approximate surface area is 134 Å². The molecule has 0 fully saturated rings. The zero-order valence-electron chi connectivity index (χ0n) is 13.0. The highest BCUT2D eigenvalue weighted by atomic mass is 19.1. The molecule has 3 aromatic rings. The number of methoxy groups -OCH3 is 1. The van der Waals surface area contributed by atoms with E-state index in [2.05, 4.69) is 10.3 Å². The van der Waals surface area contributed by atoms with Crippen LogP contribution in [0.3, 0.4) is 0 Å². The number of aromatic nitrogens is 1. The second-order valence-corrected chi connectivity index (χ2v) is 5.27. The van der Waals surface area contributed by atoms with Gasteiger partial charge in [-0.3, -0.25) is 0 Å². The zero-order chi connectivity index (χ0) is 16.2. The summed E-state index contributed by atoms with van der Waals surface area (Å²) < 4.78 is 18.6. The highest BCUT2D eigenvalue weighted by Gasteiger charge is 2.08. The summed E-state index contributed by atoms with van der Waals surface area (Å²) in [5, 5.41) is 3.28. The first-order valence-corrected chi connectivity index (χ1v) is 7.29. The molecule has 2 aromatic carbocycles. The van der Waals surface area contributed by atoms with Crippen molar-refractivity contribution < 1.29 is 9.13 Å². The first-order chi connectivity index (χ1) is 11.2. The van der Waals surface area contributed by atoms with Crippen LogP contribution >= 0.6 is 0 Å². The minimum absolute atomic E-state index is 0.322. The monoisotopic (exact) mass is 308 g/mol. The van der Waals surface area contributed by atoms with Gasteiger partial charge in [-0.25, -0.2) is 9.37 Å². The number of hydrogen-bond acceptors (Lipinski definition) is 3. The number of nitrogens with one attached hydrogen (secondary N) is 1. The normalized spacial score (nSPS) is 10.4. The van der Waals surface area contributed by atoms with Crippen LogP contribution in [0.5, 0.6) is 5.75 Å². The lowest BCUT2D eigenvalue weighted by Gasteiger charge is -2.11. The fourth-order valence-corrected chi connectivity index (χ4v) is 2.44. The van der Waals surface area contributed by atoms with Gasteiger partial charge < -0.3 is 10.1 Å². The largest absolute Gasteiger partial charge is 0.496 e. The van der Waals surface area contributed by atoms with Gasteiger partial charge in [0.1, 0.15) is 17.4 Å². The van der Waals surface area contributed by atoms with Crippen LogP contribution in [-0.2, 0) is 0 Å². The molecule has 0 saturated carbocycles. The van der Waals surface area contributed by atoms with Crippen LogP contribution in [0.2, 0.25) is 0 Å². The highest BCUT2D eigenvalue weighted by Crippen LogP contribution is 2.31. The summed E-state index contributed by atoms with van der Waals surface area (Å²) in [7, 11) is 1.53. The molecule has 1 heterocycles. The summed E-state index contributed by atoms with van der Waals surface area (Å²) >= 11 is 0. The molecule has 23 heavy (non-hydrogen) atoms. The number of aryl methyl sites for hydroxylation is 1. The van der Waals surface area contributed by atoms with Gasteiger partial charge in [0.15, 0.2) is 0 Å². The average molecular weight is 308 g/mol. The van der Waals surface area contributed by atoms with E-state index in [-0.39, 0.29) is 5.82 Å². The van der Waals surface area contributed by atoms with Crippen molar-refractivity contribution >= 4 is 11.5 Å². The Morgan fingerprint density at radius 3 is 2.70 bits per heavy atom. The molecule has 0 atom stereocenters. The van der Waals surface area contributed by atoms with E-state index in [0.717, 1.165) is 22.6 Å². The third kappa shape index (κ3) is 3.48. The van der Waals surface area contributed by atoms with Crippen LogP contribution in [0.25, 0.3) is 11.1 Å². The number of pyridine rings is 1. The van der Waals surface area contributed by atoms with Crippen LogP contribution in [0.1, 0.15) is 5.56 Å². The average Bonchev–Trinajstić information content (AvgIpc) is 2.55. The molecule has 0 aliphatic carbocycles. The number of hydrogen-bond donors (Lipinski definition) is 1. The Kier molecular flexibility index (Phi) is 4.24. The molecule has 4 heteroatoms. The number of halogens is 1. The van der Waals surface area contributed by atoms with E-state index >= 15 is 0 Å². The van der Waals surface area contributed by atoms with Crippen LogP contribution in [-0.4, -0.2) is 12.1 Å². The fourth-order valence-electron chi connectivity index (χ4n) is 2.44. The van der Waals surface area contributed by atoms with E-state index in [1.165, 1.54) is 24.8 Å². The molecule has 0 unspecified atom stereocenters. The second kappa shape index (κ2) is 6.48. The third-order valence-corrected chi connectivity index (χ3v) is 3.52. The van der Waals surface area contributed by atoms with E-state index in [1.54, 1.807) is 12.3 Å². The summed E-state index contributed by atoms with van der Waals surface area (Å²) in [5.41, 5.74) is 3.88. The summed E-state index contributed by atoms with van der Waals surface area (Å²) in [5.74, 6) is 0.898. The Morgan fingerprint density at radius 2 is 1.91 bits per heavy atom. The minimum atomic E-state index is -0.322. The van der Waals surface area contributed by atoms with Crippen molar-refractivity contribution in [2.24, 2.45) is 0 Å². The molecule has 0 radical (unpaired) electrons. The van der Waals surface area contributed by atoms with Crippen LogP contribution in [0.4, 0.5) is 15.9 Å². The van der Waals surface area contributed by atoms with Crippen molar-refractivity contribution in [2.75, 3.05) is 12.4 Å². The van der Waals surface area contributed by atoms with Gasteiger partial charge in [-0.1, -0.05) is 12.1 Å². The van der Waals surface area contributed by atoms with Gasteiger partial charge in [0.05, 0.1) is 7.11 Å². The maximum Gasteiger partial charge on any atom is 0.130 e. The molecule has 0 aliphatic rings. The van der Waals surface area contributed by atoms with Gasteiger partial charge >= 0.3 is 0 Å². The molecule has 116 valence electrons. The Hall–Kier alpha value is -2.88. The molecule has 3 nitrogen and oxygen atoms in total. The van der Waals surface area contributed by atoms with Gasteiger partial charge in [-0.15, -0.1) is 0 Å². The second-order valence-electron chi connectivity index (χ2n) is 5.27. The molecule has 0 spiro atoms. The van der Waals surface area contributed by atoms with E-state index in [9.17, 15) is 4.39 Å². The first-order valence-electron chi connectivity index (χ1n) is 7.29. The number of ether oxygens (including phenoxy) is 1. The van der Waals surface area contributed by atoms with Gasteiger partial charge in [0.2, 0.25) is 0 Å². The maximum absolute atomic E-state index is 13.3. The molecular formula is C19H17FN2O. The highest BCUT2D eigenvalue weighted by molar-refractivity contribution is 5.73. The number of benzene rings is 2. The molecule has 1 N–H and O–H groups in total. The van der Waals surface area contributed by atoms with Gasteiger partial charge in [0, 0.05) is 23.5 Å². The van der Waals surface area contributed by atoms with E-state index in [1.807, 2.05) is 43.3 Å². The molecule has 3 rings (SSSR count). The molecule has 0 bridgehead atoms. The van der Waals surface area contributed by atoms with E-state index in [0.29, 0.717) is 5.75 Å². The molecule has 0 saturated heterocycles. The first kappa shape index (κ1) is 15.0. The van der Waals surface area contributed by atoms with Gasteiger partial charge in [-0.2, -0.15) is 0 Å². The Bertz CT molecular complexity index is 833. The van der Waals surface area contributed by atoms with Crippen molar-refractivity contribution in [2.45, 2.75) is 6.92 Å². The van der Waals surface area contributed by atoms with Gasteiger partial charge in [-0.05, 0) is 54.4 Å². The quantitative estimate of drug-likeness (QED) is 0.740. The van der Waals surface area contributed by atoms with Crippen LogP contribution in [0, 0.1) is 12.7 Å². The standard InChI is InChI=1S/C19H17FN2O/c1-13-4-3-5-16(10-13)22-19-11-14(8-9-21-19)17-7-6-15(20)12-18(17)23-2/h3-12H,1-2H3,(H,21,22). The third-order valence-electron chi connectivity index (χ3n) is 3.52. The number of rotatable bonds is 4. The van der Waals surface area contributed by atoms with Crippen molar-refractivity contribution in [3.05, 3.63) is 72.2 Å². The van der Waals surface area contributed by atoms with Crippen LogP contribution < -0.4 is 10.1 Å². The van der Waals surface area contributed by atoms with Crippen molar-refractivity contribution in [3.8, 4) is 16.9 Å². The van der Waals surface area contributed by atoms with Crippen molar-refractivity contribution in [1.29, 1.82) is 0 Å². The predicted molar refractivity (Wildman–Crippen MR) is 90.6 cm³/mol. The predicted octanol–water partition coefficient (Wildman–Crippen LogP) is 4.95. The summed E-state index contributed by atoms with van der Waals surface area (Å²) in [6.45, 7) is 2.04.